The molecule has 19 heavy (non-hydrogen) atoms. The minimum atomic E-state index is 0.164. The molecule has 0 radical (unpaired) electrons. The van der Waals surface area contributed by atoms with E-state index in [-0.39, 0.29) is 5.91 Å². The molecular formula is C17H19NO. The molecule has 1 fully saturated rings. The number of fused-ring (bicyclic) bond motifs is 1. The Morgan fingerprint density at radius 1 is 1.11 bits per heavy atom. The second-order valence-corrected chi connectivity index (χ2v) is 5.28. The smallest absolute Gasteiger partial charge is 0.246 e. The van der Waals surface area contributed by atoms with E-state index < -0.39 is 0 Å². The van der Waals surface area contributed by atoms with Crippen molar-refractivity contribution in [3.63, 3.8) is 0 Å². The monoisotopic (exact) mass is 253 g/mol. The van der Waals surface area contributed by atoms with E-state index in [0.717, 1.165) is 38.8 Å². The summed E-state index contributed by atoms with van der Waals surface area (Å²) < 4.78 is 0. The van der Waals surface area contributed by atoms with Gasteiger partial charge < -0.3 is 4.90 Å². The van der Waals surface area contributed by atoms with Gasteiger partial charge in [0.2, 0.25) is 5.91 Å². The molecular weight excluding hydrogens is 234 g/mol. The summed E-state index contributed by atoms with van der Waals surface area (Å²) in [6.07, 6.45) is 10.3. The molecule has 1 aliphatic heterocycles. The summed E-state index contributed by atoms with van der Waals surface area (Å²) >= 11 is 0. The SMILES string of the molecule is O=C(C=CC1=Cc2ccccc2CC1)N1CCCC1. The largest absolute Gasteiger partial charge is 0.339 e. The fourth-order valence-electron chi connectivity index (χ4n) is 2.81. The maximum atomic E-state index is 11.9. The molecule has 2 aliphatic rings. The Labute approximate surface area is 114 Å². The van der Waals surface area contributed by atoms with Gasteiger partial charge in [0.05, 0.1) is 0 Å². The predicted octanol–water partition coefficient (Wildman–Crippen LogP) is 3.19. The highest BCUT2D eigenvalue weighted by Crippen LogP contribution is 2.24. The summed E-state index contributed by atoms with van der Waals surface area (Å²) in [5.41, 5.74) is 3.96. The van der Waals surface area contributed by atoms with Gasteiger partial charge in [-0.05, 0) is 42.4 Å². The van der Waals surface area contributed by atoms with Gasteiger partial charge in [-0.25, -0.2) is 0 Å². The second-order valence-electron chi connectivity index (χ2n) is 5.28. The number of aryl methyl sites for hydroxylation is 1. The molecule has 0 unspecified atom stereocenters. The molecule has 1 aromatic carbocycles. The van der Waals surface area contributed by atoms with Crippen molar-refractivity contribution in [2.24, 2.45) is 0 Å². The number of hydrogen-bond acceptors (Lipinski definition) is 1. The number of hydrogen-bond donors (Lipinski definition) is 0. The van der Waals surface area contributed by atoms with Crippen LogP contribution in [0.3, 0.4) is 0 Å². The summed E-state index contributed by atoms with van der Waals surface area (Å²) in [7, 11) is 0. The van der Waals surface area contributed by atoms with Crippen LogP contribution in [-0.4, -0.2) is 23.9 Å². The van der Waals surface area contributed by atoms with Gasteiger partial charge in [0.25, 0.3) is 0 Å². The lowest BCUT2D eigenvalue weighted by Gasteiger charge is -2.15. The summed E-state index contributed by atoms with van der Waals surface area (Å²) in [6, 6.07) is 8.48. The maximum Gasteiger partial charge on any atom is 0.246 e. The Kier molecular flexibility index (Phi) is 3.49. The number of carbonyl (C=O) groups excluding carboxylic acids is 1. The van der Waals surface area contributed by atoms with Gasteiger partial charge in [-0.2, -0.15) is 0 Å². The highest BCUT2D eigenvalue weighted by Gasteiger charge is 2.15. The van der Waals surface area contributed by atoms with Crippen LogP contribution in [0.4, 0.5) is 0 Å². The first kappa shape index (κ1) is 12.2. The van der Waals surface area contributed by atoms with Crippen LogP contribution in [0.5, 0.6) is 0 Å². The summed E-state index contributed by atoms with van der Waals surface area (Å²) in [4.78, 5) is 13.9. The van der Waals surface area contributed by atoms with Crippen LogP contribution in [0.1, 0.15) is 30.4 Å². The third kappa shape index (κ3) is 2.78. The van der Waals surface area contributed by atoms with E-state index in [1.807, 2.05) is 11.0 Å². The summed E-state index contributed by atoms with van der Waals surface area (Å²) in [6.45, 7) is 1.84. The van der Waals surface area contributed by atoms with Crippen molar-refractivity contribution in [3.05, 3.63) is 53.1 Å². The molecule has 0 spiro atoms. The molecule has 0 saturated carbocycles. The average Bonchev–Trinajstić information content (AvgIpc) is 2.99. The van der Waals surface area contributed by atoms with E-state index in [4.69, 9.17) is 0 Å². The van der Waals surface area contributed by atoms with Gasteiger partial charge >= 0.3 is 0 Å². The molecule has 3 rings (SSSR count). The lowest BCUT2D eigenvalue weighted by molar-refractivity contribution is -0.124. The molecule has 0 bridgehead atoms. The molecule has 98 valence electrons. The van der Waals surface area contributed by atoms with Crippen molar-refractivity contribution in [3.8, 4) is 0 Å². The zero-order chi connectivity index (χ0) is 13.1. The average molecular weight is 253 g/mol. The van der Waals surface area contributed by atoms with Crippen molar-refractivity contribution in [1.29, 1.82) is 0 Å². The minimum absolute atomic E-state index is 0.164. The van der Waals surface area contributed by atoms with Crippen LogP contribution in [0.25, 0.3) is 6.08 Å². The predicted molar refractivity (Wildman–Crippen MR) is 77.7 cm³/mol. The van der Waals surface area contributed by atoms with Crippen LogP contribution < -0.4 is 0 Å². The van der Waals surface area contributed by atoms with E-state index in [9.17, 15) is 4.79 Å². The van der Waals surface area contributed by atoms with Crippen LogP contribution in [0, 0.1) is 0 Å². The Morgan fingerprint density at radius 2 is 1.89 bits per heavy atom. The molecule has 2 nitrogen and oxygen atoms in total. The quantitative estimate of drug-likeness (QED) is 0.741. The van der Waals surface area contributed by atoms with Crippen LogP contribution in [-0.2, 0) is 11.2 Å². The topological polar surface area (TPSA) is 20.3 Å². The number of nitrogens with zero attached hydrogens (tertiary/aromatic N) is 1. The standard InChI is InChI=1S/C17H19NO/c19-17(18-11-3-4-12-18)10-8-14-7-9-15-5-1-2-6-16(15)13-14/h1-2,5-6,8,10,13H,3-4,7,9,11-12H2. The number of likely N-dealkylation sites (tertiary alicyclic amines) is 1. The number of rotatable bonds is 2. The molecule has 0 N–H and O–H groups in total. The highest BCUT2D eigenvalue weighted by molar-refractivity contribution is 5.88. The van der Waals surface area contributed by atoms with Crippen LogP contribution >= 0.6 is 0 Å². The molecule has 1 saturated heterocycles. The van der Waals surface area contributed by atoms with Crippen molar-refractivity contribution in [2.45, 2.75) is 25.7 Å². The number of allylic oxidation sites excluding steroid dienone is 2. The van der Waals surface area contributed by atoms with Crippen molar-refractivity contribution in [1.82, 2.24) is 4.90 Å². The van der Waals surface area contributed by atoms with Gasteiger partial charge in [0.15, 0.2) is 0 Å². The third-order valence-electron chi connectivity index (χ3n) is 3.94. The third-order valence-corrected chi connectivity index (χ3v) is 3.94. The lowest BCUT2D eigenvalue weighted by atomic mass is 9.92. The Morgan fingerprint density at radius 3 is 2.74 bits per heavy atom. The van der Waals surface area contributed by atoms with E-state index in [2.05, 4.69) is 30.3 Å². The maximum absolute atomic E-state index is 11.9. The first-order valence-corrected chi connectivity index (χ1v) is 7.08. The van der Waals surface area contributed by atoms with Crippen molar-refractivity contribution < 1.29 is 4.79 Å². The fraction of sp³-hybridized carbons (Fsp3) is 0.353. The van der Waals surface area contributed by atoms with Crippen molar-refractivity contribution in [2.75, 3.05) is 13.1 Å². The second kappa shape index (κ2) is 5.43. The zero-order valence-corrected chi connectivity index (χ0v) is 11.1. The van der Waals surface area contributed by atoms with E-state index >= 15 is 0 Å². The van der Waals surface area contributed by atoms with E-state index in [1.165, 1.54) is 16.7 Å². The molecule has 0 atom stereocenters. The van der Waals surface area contributed by atoms with Crippen LogP contribution in [0.15, 0.2) is 42.0 Å². The van der Waals surface area contributed by atoms with Gasteiger partial charge in [-0.15, -0.1) is 0 Å². The number of carbonyl (C=O) groups is 1. The Bertz CT molecular complexity index is 536. The lowest BCUT2D eigenvalue weighted by Crippen LogP contribution is -2.25. The van der Waals surface area contributed by atoms with Crippen LogP contribution in [0.2, 0.25) is 0 Å². The number of amides is 1. The fourth-order valence-corrected chi connectivity index (χ4v) is 2.81. The number of benzene rings is 1. The normalized spacial score (nSPS) is 18.5. The Balaban J connectivity index is 1.70. The summed E-state index contributed by atoms with van der Waals surface area (Å²) in [5.74, 6) is 0.164. The van der Waals surface area contributed by atoms with Gasteiger partial charge in [0, 0.05) is 19.2 Å². The molecule has 1 aromatic rings. The zero-order valence-electron chi connectivity index (χ0n) is 11.1. The van der Waals surface area contributed by atoms with Gasteiger partial charge in [-0.3, -0.25) is 4.79 Å². The van der Waals surface area contributed by atoms with Gasteiger partial charge in [-0.1, -0.05) is 36.4 Å². The van der Waals surface area contributed by atoms with E-state index in [1.54, 1.807) is 6.08 Å². The first-order valence-electron chi connectivity index (χ1n) is 7.08. The molecule has 1 aliphatic carbocycles. The molecule has 2 heteroatoms. The molecule has 1 heterocycles. The summed E-state index contributed by atoms with van der Waals surface area (Å²) in [5, 5.41) is 0. The molecule has 0 aromatic heterocycles. The van der Waals surface area contributed by atoms with Gasteiger partial charge in [0.1, 0.15) is 0 Å². The van der Waals surface area contributed by atoms with E-state index in [0.29, 0.717) is 0 Å². The highest BCUT2D eigenvalue weighted by atomic mass is 16.2. The first-order chi connectivity index (χ1) is 9.33. The molecule has 1 amide bonds. The van der Waals surface area contributed by atoms with Crippen molar-refractivity contribution >= 4 is 12.0 Å². The Hall–Kier alpha value is -1.83. The minimum Gasteiger partial charge on any atom is -0.339 e.